The maximum atomic E-state index is 11.4. The lowest BCUT2D eigenvalue weighted by Gasteiger charge is -2.05. The van der Waals surface area contributed by atoms with E-state index in [1.807, 2.05) is 6.92 Å². The number of aromatic carboxylic acids is 1. The zero-order chi connectivity index (χ0) is 11.4. The molecule has 0 fully saturated rings. The van der Waals surface area contributed by atoms with Gasteiger partial charge in [0, 0.05) is 5.56 Å². The minimum atomic E-state index is -0.954. The monoisotopic (exact) mass is 270 g/mol. The van der Waals surface area contributed by atoms with Crippen molar-refractivity contribution in [2.75, 3.05) is 5.33 Å². The number of alkyl halides is 1. The largest absolute Gasteiger partial charge is 0.478 e. The summed E-state index contributed by atoms with van der Waals surface area (Å²) < 4.78 is 0. The highest BCUT2D eigenvalue weighted by molar-refractivity contribution is 9.09. The molecule has 1 aromatic rings. The Hall–Kier alpha value is -1.16. The Balaban J connectivity index is 3.19. The van der Waals surface area contributed by atoms with Crippen LogP contribution < -0.4 is 0 Å². The van der Waals surface area contributed by atoms with Crippen LogP contribution in [0.4, 0.5) is 0 Å². The van der Waals surface area contributed by atoms with Crippen LogP contribution in [-0.4, -0.2) is 22.2 Å². The molecule has 0 radical (unpaired) electrons. The van der Waals surface area contributed by atoms with Crippen LogP contribution in [0, 0.1) is 0 Å². The van der Waals surface area contributed by atoms with Crippen molar-refractivity contribution in [2.24, 2.45) is 0 Å². The lowest BCUT2D eigenvalue weighted by atomic mass is 10.0. The summed E-state index contributed by atoms with van der Waals surface area (Å²) in [6, 6.07) is 4.68. The van der Waals surface area contributed by atoms with Gasteiger partial charge in [0.25, 0.3) is 0 Å². The number of aryl methyl sites for hydroxylation is 1. The molecule has 1 aromatic carbocycles. The van der Waals surface area contributed by atoms with Gasteiger partial charge in [-0.25, -0.2) is 4.79 Å². The van der Waals surface area contributed by atoms with Crippen LogP contribution in [0.25, 0.3) is 0 Å². The number of hydrogen-bond donors (Lipinski definition) is 1. The van der Waals surface area contributed by atoms with Crippen LogP contribution in [0.1, 0.15) is 33.2 Å². The van der Waals surface area contributed by atoms with Gasteiger partial charge in [-0.05, 0) is 24.1 Å². The smallest absolute Gasteiger partial charge is 0.335 e. The number of hydrogen-bond acceptors (Lipinski definition) is 2. The van der Waals surface area contributed by atoms with E-state index in [0.717, 1.165) is 0 Å². The third kappa shape index (κ3) is 2.65. The molecule has 3 nitrogen and oxygen atoms in total. The SMILES string of the molecule is CCc1cc(C(=O)CBr)ccc1C(=O)O. The maximum absolute atomic E-state index is 11.4. The Kier molecular flexibility index (Phi) is 4.03. The Morgan fingerprint density at radius 1 is 1.40 bits per heavy atom. The van der Waals surface area contributed by atoms with Gasteiger partial charge in [-0.3, -0.25) is 4.79 Å². The second kappa shape index (κ2) is 5.07. The zero-order valence-corrected chi connectivity index (χ0v) is 9.87. The van der Waals surface area contributed by atoms with E-state index in [2.05, 4.69) is 15.9 Å². The van der Waals surface area contributed by atoms with Gasteiger partial charge in [0.2, 0.25) is 0 Å². The molecule has 0 saturated heterocycles. The van der Waals surface area contributed by atoms with Gasteiger partial charge < -0.3 is 5.11 Å². The summed E-state index contributed by atoms with van der Waals surface area (Å²) >= 11 is 3.08. The van der Waals surface area contributed by atoms with E-state index in [4.69, 9.17) is 5.11 Å². The van der Waals surface area contributed by atoms with Gasteiger partial charge in [-0.1, -0.05) is 28.9 Å². The van der Waals surface area contributed by atoms with Crippen molar-refractivity contribution in [2.45, 2.75) is 13.3 Å². The normalized spacial score (nSPS) is 10.0. The number of carboxylic acids is 1. The first-order chi connectivity index (χ1) is 7.10. The highest BCUT2D eigenvalue weighted by atomic mass is 79.9. The predicted octanol–water partition coefficient (Wildman–Crippen LogP) is 2.52. The molecule has 0 unspecified atom stereocenters. The molecule has 15 heavy (non-hydrogen) atoms. The van der Waals surface area contributed by atoms with Crippen LogP contribution in [-0.2, 0) is 6.42 Å². The van der Waals surface area contributed by atoms with Crippen molar-refractivity contribution >= 4 is 27.7 Å². The van der Waals surface area contributed by atoms with E-state index in [1.54, 1.807) is 12.1 Å². The average molecular weight is 271 g/mol. The van der Waals surface area contributed by atoms with Crippen molar-refractivity contribution in [3.63, 3.8) is 0 Å². The van der Waals surface area contributed by atoms with E-state index in [-0.39, 0.29) is 16.7 Å². The number of carboxylic acid groups (broad SMARTS) is 1. The van der Waals surface area contributed by atoms with Crippen LogP contribution in [0.5, 0.6) is 0 Å². The lowest BCUT2D eigenvalue weighted by Crippen LogP contribution is -2.06. The third-order valence-corrected chi connectivity index (χ3v) is 2.67. The maximum Gasteiger partial charge on any atom is 0.335 e. The van der Waals surface area contributed by atoms with E-state index in [0.29, 0.717) is 17.5 Å². The average Bonchev–Trinajstić information content (AvgIpc) is 2.26. The Morgan fingerprint density at radius 3 is 2.53 bits per heavy atom. The molecule has 0 aliphatic heterocycles. The van der Waals surface area contributed by atoms with Gasteiger partial charge in [0.1, 0.15) is 0 Å². The summed E-state index contributed by atoms with van der Waals surface area (Å²) in [5.41, 5.74) is 1.51. The minimum absolute atomic E-state index is 0.0401. The highest BCUT2D eigenvalue weighted by Crippen LogP contribution is 2.14. The quantitative estimate of drug-likeness (QED) is 0.676. The second-order valence-electron chi connectivity index (χ2n) is 3.09. The van der Waals surface area contributed by atoms with E-state index >= 15 is 0 Å². The summed E-state index contributed by atoms with van der Waals surface area (Å²) in [6.45, 7) is 1.87. The fourth-order valence-electron chi connectivity index (χ4n) is 1.35. The molecule has 0 aliphatic carbocycles. The molecule has 0 bridgehead atoms. The van der Waals surface area contributed by atoms with Crippen molar-refractivity contribution in [1.82, 2.24) is 0 Å². The van der Waals surface area contributed by atoms with Crippen molar-refractivity contribution < 1.29 is 14.7 Å². The minimum Gasteiger partial charge on any atom is -0.478 e. The van der Waals surface area contributed by atoms with Crippen LogP contribution >= 0.6 is 15.9 Å². The molecule has 0 aliphatic rings. The first-order valence-corrected chi connectivity index (χ1v) is 5.67. The van der Waals surface area contributed by atoms with Crippen LogP contribution in [0.3, 0.4) is 0 Å². The van der Waals surface area contributed by atoms with Crippen molar-refractivity contribution in [1.29, 1.82) is 0 Å². The summed E-state index contributed by atoms with van der Waals surface area (Å²) in [4.78, 5) is 22.2. The van der Waals surface area contributed by atoms with Gasteiger partial charge in [-0.15, -0.1) is 0 Å². The zero-order valence-electron chi connectivity index (χ0n) is 8.29. The molecule has 80 valence electrons. The summed E-state index contributed by atoms with van der Waals surface area (Å²) in [5, 5.41) is 9.14. The summed E-state index contributed by atoms with van der Waals surface area (Å²) in [7, 11) is 0. The fourth-order valence-corrected chi connectivity index (χ4v) is 1.67. The molecule has 1 rings (SSSR count). The van der Waals surface area contributed by atoms with Crippen molar-refractivity contribution in [3.8, 4) is 0 Å². The molecular formula is C11H11BrO3. The first-order valence-electron chi connectivity index (χ1n) is 4.55. The predicted molar refractivity (Wildman–Crippen MR) is 60.9 cm³/mol. The molecule has 0 aromatic heterocycles. The molecule has 0 saturated carbocycles. The molecule has 0 amide bonds. The fraction of sp³-hybridized carbons (Fsp3) is 0.273. The number of halogens is 1. The van der Waals surface area contributed by atoms with E-state index < -0.39 is 5.97 Å². The Labute approximate surface area is 96.2 Å². The van der Waals surface area contributed by atoms with Gasteiger partial charge >= 0.3 is 5.97 Å². The molecular weight excluding hydrogens is 260 g/mol. The molecule has 0 spiro atoms. The standard InChI is InChI=1S/C11H11BrO3/c1-2-7-5-8(10(13)6-12)3-4-9(7)11(14)15/h3-5H,2,6H2,1H3,(H,14,15). The van der Waals surface area contributed by atoms with Crippen molar-refractivity contribution in [3.05, 3.63) is 34.9 Å². The van der Waals surface area contributed by atoms with Crippen LogP contribution in [0.2, 0.25) is 0 Å². The Bertz CT molecular complexity index is 399. The summed E-state index contributed by atoms with van der Waals surface area (Å²) in [5.74, 6) is -0.994. The summed E-state index contributed by atoms with van der Waals surface area (Å²) in [6.07, 6.45) is 0.602. The van der Waals surface area contributed by atoms with Crippen LogP contribution in [0.15, 0.2) is 18.2 Å². The number of benzene rings is 1. The van der Waals surface area contributed by atoms with E-state index in [1.165, 1.54) is 6.07 Å². The molecule has 1 N–H and O–H groups in total. The topological polar surface area (TPSA) is 54.4 Å². The molecule has 0 heterocycles. The number of Topliss-reactive ketones (excluding diaryl/α,β-unsaturated/α-hetero) is 1. The number of carbonyl (C=O) groups excluding carboxylic acids is 1. The van der Waals surface area contributed by atoms with Gasteiger partial charge in [0.15, 0.2) is 5.78 Å². The number of rotatable bonds is 4. The van der Waals surface area contributed by atoms with E-state index in [9.17, 15) is 9.59 Å². The first kappa shape index (κ1) is 11.9. The molecule has 4 heteroatoms. The Morgan fingerprint density at radius 2 is 2.07 bits per heavy atom. The molecule has 0 atom stereocenters. The van der Waals surface area contributed by atoms with Gasteiger partial charge in [0.05, 0.1) is 10.9 Å². The number of ketones is 1. The third-order valence-electron chi connectivity index (χ3n) is 2.16. The lowest BCUT2D eigenvalue weighted by molar-refractivity contribution is 0.0695. The second-order valence-corrected chi connectivity index (χ2v) is 3.65. The highest BCUT2D eigenvalue weighted by Gasteiger charge is 2.11. The van der Waals surface area contributed by atoms with Gasteiger partial charge in [-0.2, -0.15) is 0 Å². The number of carbonyl (C=O) groups is 2.